The number of benzene rings is 2. The molecule has 2 aliphatic heterocycles. The largest absolute Gasteiger partial charge is 0.497 e. The minimum Gasteiger partial charge on any atom is -0.497 e. The summed E-state index contributed by atoms with van der Waals surface area (Å²) >= 11 is 0. The van der Waals surface area contributed by atoms with E-state index in [9.17, 15) is 19.2 Å². The summed E-state index contributed by atoms with van der Waals surface area (Å²) in [5.74, 6) is 0.405. The van der Waals surface area contributed by atoms with E-state index >= 15 is 0 Å². The Morgan fingerprint density at radius 1 is 0.921 bits per heavy atom. The summed E-state index contributed by atoms with van der Waals surface area (Å²) in [4.78, 5) is 55.4. The molecule has 2 bridgehead atoms. The van der Waals surface area contributed by atoms with Gasteiger partial charge in [-0.15, -0.1) is 0 Å². The molecule has 8 nitrogen and oxygen atoms in total. The van der Waals surface area contributed by atoms with Crippen molar-refractivity contribution in [3.63, 3.8) is 0 Å². The van der Waals surface area contributed by atoms with Crippen LogP contribution in [0.2, 0.25) is 0 Å². The third-order valence-corrected chi connectivity index (χ3v) is 9.11. The Balaban J connectivity index is 1.06. The second-order valence-corrected chi connectivity index (χ2v) is 11.1. The predicted octanol–water partition coefficient (Wildman–Crippen LogP) is 3.52. The highest BCUT2D eigenvalue weighted by Gasteiger charge is 2.67. The summed E-state index contributed by atoms with van der Waals surface area (Å²) in [7, 11) is 1.56. The third kappa shape index (κ3) is 3.35. The van der Waals surface area contributed by atoms with Crippen LogP contribution in [0.5, 0.6) is 11.5 Å². The van der Waals surface area contributed by atoms with E-state index in [1.165, 1.54) is 4.90 Å². The van der Waals surface area contributed by atoms with E-state index in [4.69, 9.17) is 9.47 Å². The van der Waals surface area contributed by atoms with Crippen molar-refractivity contribution < 1.29 is 28.7 Å². The Morgan fingerprint density at radius 3 is 2.29 bits per heavy atom. The lowest BCUT2D eigenvalue weighted by Crippen LogP contribution is -2.40. The minimum absolute atomic E-state index is 0.0605. The van der Waals surface area contributed by atoms with Crippen molar-refractivity contribution in [1.29, 1.82) is 0 Å². The van der Waals surface area contributed by atoms with E-state index in [1.807, 2.05) is 6.92 Å². The zero-order valence-corrected chi connectivity index (χ0v) is 21.2. The molecule has 194 valence electrons. The highest BCUT2D eigenvalue weighted by molar-refractivity contribution is 6.23. The highest BCUT2D eigenvalue weighted by Crippen LogP contribution is 2.65. The molecule has 8 rings (SSSR count). The maximum atomic E-state index is 13.5. The Kier molecular flexibility index (Phi) is 5.05. The first-order valence-electron chi connectivity index (χ1n) is 13.2. The molecule has 2 aromatic rings. The fourth-order valence-electron chi connectivity index (χ4n) is 7.23. The van der Waals surface area contributed by atoms with Crippen LogP contribution in [0.3, 0.4) is 0 Å². The van der Waals surface area contributed by atoms with E-state index in [0.29, 0.717) is 40.3 Å². The van der Waals surface area contributed by atoms with E-state index in [-0.39, 0.29) is 54.4 Å². The van der Waals surface area contributed by atoms with E-state index in [2.05, 4.69) is 12.2 Å². The van der Waals surface area contributed by atoms with Gasteiger partial charge in [0.1, 0.15) is 11.5 Å². The highest BCUT2D eigenvalue weighted by atomic mass is 16.5. The molecule has 8 heteroatoms. The van der Waals surface area contributed by atoms with Crippen molar-refractivity contribution in [2.24, 2.45) is 41.4 Å². The second-order valence-electron chi connectivity index (χ2n) is 11.1. The SMILES string of the molecule is COc1cccc(N2C[C@H](C(=O)Oc3ccc(N4C(=O)[C@@H]5[C@H]6C=C[C@@H]([C@@H]7C[C@@H]67)[C@H]5C4=O)c(C)c3)CC2=O)c1. The van der Waals surface area contributed by atoms with Crippen molar-refractivity contribution >= 4 is 35.1 Å². The monoisotopic (exact) mass is 512 g/mol. The zero-order chi connectivity index (χ0) is 26.3. The van der Waals surface area contributed by atoms with Gasteiger partial charge < -0.3 is 14.4 Å². The summed E-state index contributed by atoms with van der Waals surface area (Å²) in [6.45, 7) is 2.03. The Bertz CT molecular complexity index is 1400. The predicted molar refractivity (Wildman–Crippen MR) is 137 cm³/mol. The first kappa shape index (κ1) is 23.2. The molecular formula is C30H28N2O6. The number of ether oxygens (including phenoxy) is 2. The molecule has 0 unspecified atom stereocenters. The summed E-state index contributed by atoms with van der Waals surface area (Å²) in [6, 6.07) is 12.1. The molecule has 3 amide bonds. The molecule has 0 N–H and O–H groups in total. The van der Waals surface area contributed by atoms with Crippen LogP contribution in [0.1, 0.15) is 18.4 Å². The summed E-state index contributed by atoms with van der Waals surface area (Å²) in [6.07, 6.45) is 5.50. The molecule has 0 spiro atoms. The second kappa shape index (κ2) is 8.28. The number of aryl methyl sites for hydroxylation is 1. The topological polar surface area (TPSA) is 93.2 Å². The van der Waals surface area contributed by atoms with Crippen molar-refractivity contribution in [2.45, 2.75) is 19.8 Å². The maximum Gasteiger partial charge on any atom is 0.316 e. The Hall–Kier alpha value is -3.94. The van der Waals surface area contributed by atoms with Gasteiger partial charge in [0.2, 0.25) is 17.7 Å². The van der Waals surface area contributed by atoms with Crippen LogP contribution in [0.15, 0.2) is 54.6 Å². The summed E-state index contributed by atoms with van der Waals surface area (Å²) < 4.78 is 10.9. The van der Waals surface area contributed by atoms with E-state index in [0.717, 1.165) is 6.42 Å². The van der Waals surface area contributed by atoms with Gasteiger partial charge in [-0.05, 0) is 72.9 Å². The van der Waals surface area contributed by atoms with Gasteiger partial charge in [-0.1, -0.05) is 18.2 Å². The summed E-state index contributed by atoms with van der Waals surface area (Å²) in [5.41, 5.74) is 1.90. The number of carbonyl (C=O) groups excluding carboxylic acids is 4. The average molecular weight is 513 g/mol. The van der Waals surface area contributed by atoms with Gasteiger partial charge in [0, 0.05) is 24.7 Å². The number of esters is 1. The molecule has 2 heterocycles. The fourth-order valence-corrected chi connectivity index (χ4v) is 7.23. The van der Waals surface area contributed by atoms with Crippen LogP contribution in [0.4, 0.5) is 11.4 Å². The van der Waals surface area contributed by atoms with Crippen LogP contribution in [-0.4, -0.2) is 37.3 Å². The summed E-state index contributed by atoms with van der Waals surface area (Å²) in [5, 5.41) is 0. The van der Waals surface area contributed by atoms with E-state index < -0.39 is 11.9 Å². The van der Waals surface area contributed by atoms with Crippen LogP contribution in [0, 0.1) is 48.3 Å². The smallest absolute Gasteiger partial charge is 0.316 e. The van der Waals surface area contributed by atoms with E-state index in [1.54, 1.807) is 54.5 Å². The lowest BCUT2D eigenvalue weighted by molar-refractivity contribution is -0.139. The number of methoxy groups -OCH3 is 1. The van der Waals surface area contributed by atoms with Crippen LogP contribution >= 0.6 is 0 Å². The lowest BCUT2D eigenvalue weighted by atomic mass is 9.63. The first-order valence-corrected chi connectivity index (χ1v) is 13.2. The molecule has 2 aromatic carbocycles. The van der Waals surface area contributed by atoms with Gasteiger partial charge in [-0.25, -0.2) is 4.90 Å². The number of rotatable bonds is 5. The first-order chi connectivity index (χ1) is 18.4. The van der Waals surface area contributed by atoms with Gasteiger partial charge >= 0.3 is 5.97 Å². The molecule has 0 radical (unpaired) electrons. The standard InChI is InChI=1S/C30H28N2O6/c1-15-10-19(38-30(36)16-11-25(33)31(14-16)17-4-3-5-18(12-17)37-2)6-9-24(15)32-28(34)26-20-7-8-21(23-13-22(20)23)27(26)29(32)35/h3-10,12,16,20-23,26-27H,11,13-14H2,1-2H3/t16-,20+,21+,22+,23+,26-,27-/m1/s1. The zero-order valence-electron chi connectivity index (χ0n) is 21.2. The van der Waals surface area contributed by atoms with Gasteiger partial charge in [0.15, 0.2) is 0 Å². The number of hydrogen-bond donors (Lipinski definition) is 0. The lowest BCUT2D eigenvalue weighted by Gasteiger charge is -2.37. The van der Waals surface area contributed by atoms with Crippen LogP contribution < -0.4 is 19.3 Å². The van der Waals surface area contributed by atoms with Gasteiger partial charge in [0.25, 0.3) is 0 Å². The molecule has 7 atom stereocenters. The number of allylic oxidation sites excluding steroid dienone is 2. The molecule has 4 fully saturated rings. The molecular weight excluding hydrogens is 484 g/mol. The quantitative estimate of drug-likeness (QED) is 0.263. The van der Waals surface area contributed by atoms with Gasteiger partial charge in [0.05, 0.1) is 30.6 Å². The van der Waals surface area contributed by atoms with Gasteiger partial charge in [-0.2, -0.15) is 0 Å². The third-order valence-electron chi connectivity index (χ3n) is 9.11. The van der Waals surface area contributed by atoms with Crippen LogP contribution in [-0.2, 0) is 19.2 Å². The number of nitrogens with zero attached hydrogens (tertiary/aromatic N) is 2. The number of hydrogen-bond acceptors (Lipinski definition) is 6. The molecule has 0 aromatic heterocycles. The number of carbonyl (C=O) groups is 4. The molecule has 38 heavy (non-hydrogen) atoms. The minimum atomic E-state index is -0.604. The Labute approximate surface area is 220 Å². The van der Waals surface area contributed by atoms with Crippen molar-refractivity contribution in [2.75, 3.05) is 23.5 Å². The number of amides is 3. The molecule has 2 saturated carbocycles. The Morgan fingerprint density at radius 2 is 1.63 bits per heavy atom. The van der Waals surface area contributed by atoms with Crippen molar-refractivity contribution in [3.8, 4) is 11.5 Å². The molecule has 6 aliphatic rings. The fraction of sp³-hybridized carbons (Fsp3) is 0.400. The average Bonchev–Trinajstić information content (AvgIpc) is 3.60. The van der Waals surface area contributed by atoms with Crippen molar-refractivity contribution in [3.05, 3.63) is 60.2 Å². The molecule has 2 saturated heterocycles. The van der Waals surface area contributed by atoms with Crippen molar-refractivity contribution in [1.82, 2.24) is 0 Å². The van der Waals surface area contributed by atoms with Crippen LogP contribution in [0.25, 0.3) is 0 Å². The number of imide groups is 1. The number of anilines is 2. The maximum absolute atomic E-state index is 13.5. The molecule has 4 aliphatic carbocycles. The normalized spacial score (nSPS) is 32.5. The van der Waals surface area contributed by atoms with Gasteiger partial charge in [-0.3, -0.25) is 19.2 Å².